The average Bonchev–Trinajstić information content (AvgIpc) is 3.01. The lowest BCUT2D eigenvalue weighted by molar-refractivity contribution is -0.149. The number of nitrogen functional groups attached to an aromatic ring is 1. The van der Waals surface area contributed by atoms with Crippen LogP contribution in [0.25, 0.3) is 0 Å². The first-order chi connectivity index (χ1) is 16.8. The van der Waals surface area contributed by atoms with Crippen LogP contribution in [0.5, 0.6) is 5.75 Å². The summed E-state index contributed by atoms with van der Waals surface area (Å²) in [5.74, 6) is -0.230. The molecule has 1 fully saturated rings. The summed E-state index contributed by atoms with van der Waals surface area (Å²) >= 11 is 5.62. The SMILES string of the molecule is CC(C)OC(=O)C(C)NP(=S)(OC[C@H]1O[C@@H](n2ccc(N)nc2=O)C(C)(F)C1O)Oc1ccccc1. The van der Waals surface area contributed by atoms with Gasteiger partial charge in [0, 0.05) is 6.20 Å². The van der Waals surface area contributed by atoms with Crippen molar-refractivity contribution in [2.75, 3.05) is 12.3 Å². The Morgan fingerprint density at radius 1 is 1.36 bits per heavy atom. The molecule has 4 unspecified atom stereocenters. The lowest BCUT2D eigenvalue weighted by atomic mass is 9.98. The van der Waals surface area contributed by atoms with Crippen molar-refractivity contribution < 1.29 is 32.8 Å². The van der Waals surface area contributed by atoms with E-state index in [4.69, 9.17) is 36.1 Å². The number of nitrogens with one attached hydrogen (secondary N) is 1. The van der Waals surface area contributed by atoms with Crippen LogP contribution in [-0.2, 0) is 30.6 Å². The number of aliphatic hydroxyl groups excluding tert-OH is 1. The molecule has 6 atom stereocenters. The van der Waals surface area contributed by atoms with Gasteiger partial charge in [-0.3, -0.25) is 9.36 Å². The quantitative estimate of drug-likeness (QED) is 0.298. The molecule has 0 bridgehead atoms. The van der Waals surface area contributed by atoms with Gasteiger partial charge in [0.15, 0.2) is 11.9 Å². The minimum Gasteiger partial charge on any atom is -0.462 e. The summed E-state index contributed by atoms with van der Waals surface area (Å²) in [4.78, 5) is 28.2. The van der Waals surface area contributed by atoms with Crippen LogP contribution in [-0.4, -0.2) is 57.3 Å². The van der Waals surface area contributed by atoms with Crippen molar-refractivity contribution in [3.8, 4) is 5.75 Å². The molecule has 1 aromatic heterocycles. The van der Waals surface area contributed by atoms with Crippen LogP contribution in [0.3, 0.4) is 0 Å². The Balaban J connectivity index is 1.79. The molecule has 0 spiro atoms. The molecule has 198 valence electrons. The van der Waals surface area contributed by atoms with Crippen molar-refractivity contribution in [3.63, 3.8) is 0 Å². The van der Waals surface area contributed by atoms with E-state index in [2.05, 4.69) is 10.1 Å². The summed E-state index contributed by atoms with van der Waals surface area (Å²) in [7, 11) is 0. The molecule has 14 heteroatoms. The maximum absolute atomic E-state index is 15.5. The van der Waals surface area contributed by atoms with E-state index >= 15 is 4.39 Å². The molecule has 36 heavy (non-hydrogen) atoms. The van der Waals surface area contributed by atoms with Crippen LogP contribution >= 0.6 is 6.64 Å². The number of esters is 1. The third kappa shape index (κ3) is 6.67. The molecule has 0 radical (unpaired) electrons. The van der Waals surface area contributed by atoms with Crippen LogP contribution in [0.4, 0.5) is 10.2 Å². The summed E-state index contributed by atoms with van der Waals surface area (Å²) in [5, 5.41) is 13.5. The highest BCUT2D eigenvalue weighted by Gasteiger charge is 2.55. The number of nitrogens with zero attached hydrogens (tertiary/aromatic N) is 2. The van der Waals surface area contributed by atoms with Gasteiger partial charge in [-0.15, -0.1) is 0 Å². The topological polar surface area (TPSA) is 147 Å². The predicted molar refractivity (Wildman–Crippen MR) is 133 cm³/mol. The normalized spacial score (nSPS) is 26.4. The van der Waals surface area contributed by atoms with Gasteiger partial charge in [-0.1, -0.05) is 18.2 Å². The number of anilines is 1. The van der Waals surface area contributed by atoms with E-state index in [-0.39, 0.29) is 11.9 Å². The maximum Gasteiger partial charge on any atom is 0.351 e. The van der Waals surface area contributed by atoms with Gasteiger partial charge in [0.1, 0.15) is 29.8 Å². The molecule has 11 nitrogen and oxygen atoms in total. The molecule has 1 saturated heterocycles. The molecule has 4 N–H and O–H groups in total. The molecule has 1 aliphatic heterocycles. The molecule has 2 heterocycles. The van der Waals surface area contributed by atoms with Crippen molar-refractivity contribution >= 4 is 30.2 Å². The number of rotatable bonds is 10. The number of aliphatic hydroxyl groups is 1. The number of carbonyl (C=O) groups excluding carboxylic acids is 1. The van der Waals surface area contributed by atoms with Crippen molar-refractivity contribution in [1.82, 2.24) is 14.6 Å². The summed E-state index contributed by atoms with van der Waals surface area (Å²) in [5.41, 5.74) is 2.29. The Kier molecular flexibility index (Phi) is 8.86. The Bertz CT molecular complexity index is 1170. The summed E-state index contributed by atoms with van der Waals surface area (Å²) in [6.45, 7) is 2.21. The zero-order valence-corrected chi connectivity index (χ0v) is 21.9. The number of halogens is 1. The first-order valence-electron chi connectivity index (χ1n) is 11.2. The number of hydrogen-bond acceptors (Lipinski definition) is 10. The molecule has 3 rings (SSSR count). The Morgan fingerprint density at radius 3 is 2.64 bits per heavy atom. The number of alkyl halides is 1. The first-order valence-corrected chi connectivity index (χ1v) is 13.8. The Hall–Kier alpha value is -2.41. The molecular weight excluding hydrogens is 514 g/mol. The zero-order valence-electron chi connectivity index (χ0n) is 20.2. The fourth-order valence-electron chi connectivity index (χ4n) is 3.46. The van der Waals surface area contributed by atoms with E-state index in [0.717, 1.165) is 11.5 Å². The highest BCUT2D eigenvalue weighted by molar-refractivity contribution is 8.09. The van der Waals surface area contributed by atoms with E-state index < -0.39 is 55.1 Å². The third-order valence-corrected chi connectivity index (χ3v) is 7.76. The largest absolute Gasteiger partial charge is 0.462 e. The lowest BCUT2D eigenvalue weighted by Crippen LogP contribution is -2.43. The van der Waals surface area contributed by atoms with Gasteiger partial charge in [-0.05, 0) is 57.7 Å². The van der Waals surface area contributed by atoms with E-state index in [1.54, 1.807) is 51.1 Å². The second-order valence-corrected chi connectivity index (χ2v) is 11.8. The van der Waals surface area contributed by atoms with Gasteiger partial charge < -0.3 is 29.4 Å². The molecule has 2 aromatic rings. The lowest BCUT2D eigenvalue weighted by Gasteiger charge is -2.28. The van der Waals surface area contributed by atoms with Gasteiger partial charge in [-0.25, -0.2) is 14.3 Å². The molecule has 0 saturated carbocycles. The third-order valence-electron chi connectivity index (χ3n) is 5.26. The summed E-state index contributed by atoms with van der Waals surface area (Å²) in [6.07, 6.45) is -3.52. The number of para-hydroxylation sites is 1. The smallest absolute Gasteiger partial charge is 0.351 e. The number of hydrogen-bond donors (Lipinski definition) is 3. The molecule has 0 aliphatic carbocycles. The number of nitrogens with two attached hydrogens (primary N) is 1. The van der Waals surface area contributed by atoms with Gasteiger partial charge in [-0.2, -0.15) is 4.98 Å². The van der Waals surface area contributed by atoms with Gasteiger partial charge in [0.05, 0.1) is 12.7 Å². The van der Waals surface area contributed by atoms with Gasteiger partial charge in [0.2, 0.25) is 0 Å². The minimum atomic E-state index is -3.45. The van der Waals surface area contributed by atoms with E-state index in [1.807, 2.05) is 0 Å². The highest BCUT2D eigenvalue weighted by Crippen LogP contribution is 2.47. The second-order valence-electron chi connectivity index (χ2n) is 8.70. The van der Waals surface area contributed by atoms with Gasteiger partial charge >= 0.3 is 18.3 Å². The number of ether oxygens (including phenoxy) is 2. The van der Waals surface area contributed by atoms with Crippen molar-refractivity contribution in [3.05, 3.63) is 53.1 Å². The van der Waals surface area contributed by atoms with E-state index in [1.165, 1.54) is 12.3 Å². The zero-order chi connectivity index (χ0) is 26.7. The van der Waals surface area contributed by atoms with Crippen LogP contribution in [0.2, 0.25) is 0 Å². The maximum atomic E-state index is 15.5. The number of carbonyl (C=O) groups is 1. The van der Waals surface area contributed by atoms with Crippen molar-refractivity contribution in [1.29, 1.82) is 0 Å². The summed E-state index contributed by atoms with van der Waals surface area (Å²) in [6, 6.07) is 8.96. The van der Waals surface area contributed by atoms with Crippen LogP contribution in [0, 0.1) is 0 Å². The monoisotopic (exact) mass is 544 g/mol. The average molecular weight is 545 g/mol. The molecule has 1 aromatic carbocycles. The summed E-state index contributed by atoms with van der Waals surface area (Å²) < 4.78 is 39.0. The second kappa shape index (κ2) is 11.3. The van der Waals surface area contributed by atoms with E-state index in [9.17, 15) is 14.7 Å². The fraction of sp³-hybridized carbons (Fsp3) is 0.500. The van der Waals surface area contributed by atoms with Crippen LogP contribution < -0.4 is 21.0 Å². The van der Waals surface area contributed by atoms with Gasteiger partial charge in [0.25, 0.3) is 0 Å². The number of benzene rings is 1. The van der Waals surface area contributed by atoms with Crippen LogP contribution in [0.1, 0.15) is 33.9 Å². The minimum absolute atomic E-state index is 0.0369. The molecular formula is C22H30FN4O7PS. The highest BCUT2D eigenvalue weighted by atomic mass is 32.5. The van der Waals surface area contributed by atoms with Crippen LogP contribution in [0.15, 0.2) is 47.4 Å². The van der Waals surface area contributed by atoms with E-state index in [0.29, 0.717) is 5.75 Å². The molecule has 1 aliphatic rings. The Labute approximate surface area is 212 Å². The van der Waals surface area contributed by atoms with Crippen molar-refractivity contribution in [2.45, 2.75) is 63.9 Å². The van der Waals surface area contributed by atoms with Crippen molar-refractivity contribution in [2.24, 2.45) is 0 Å². The standard InChI is InChI=1S/C22H30FN4O7PS/c1-13(2)32-19(29)14(3)26-35(36,34-15-8-6-5-7-9-15)31-12-16-18(28)22(4,23)20(33-16)27-11-10-17(24)25-21(27)30/h5-11,13-14,16,18,20,28H,12H2,1-4H3,(H,26,36)(H2,24,25,30)/t14?,16-,18?,20-,22?,35?/m1/s1. The molecule has 0 amide bonds. The Morgan fingerprint density at radius 2 is 2.03 bits per heavy atom. The predicted octanol–water partition coefficient (Wildman–Crippen LogP) is 2.06. The number of aromatic nitrogens is 2. The fourth-order valence-corrected chi connectivity index (χ4v) is 5.88. The first kappa shape index (κ1) is 28.2.